The Labute approximate surface area is 94.8 Å². The van der Waals surface area contributed by atoms with Crippen LogP contribution in [0.3, 0.4) is 0 Å². The summed E-state index contributed by atoms with van der Waals surface area (Å²) >= 11 is 3.84. The molecule has 1 aromatic carbocycles. The third kappa shape index (κ3) is 1.88. The summed E-state index contributed by atoms with van der Waals surface area (Å²) in [7, 11) is 0. The zero-order valence-electron chi connectivity index (χ0n) is 9.10. The molecule has 1 aliphatic carbocycles. The normalized spacial score (nSPS) is 18.3. The first-order valence-corrected chi connectivity index (χ1v) is 6.23. The van der Waals surface area contributed by atoms with Crippen molar-refractivity contribution in [2.75, 3.05) is 0 Å². The van der Waals surface area contributed by atoms with Crippen molar-refractivity contribution in [3.05, 3.63) is 34.4 Å². The van der Waals surface area contributed by atoms with E-state index in [1.54, 1.807) is 0 Å². The van der Waals surface area contributed by atoms with Crippen molar-refractivity contribution < 1.29 is 0 Å². The molecule has 14 heavy (non-hydrogen) atoms. The smallest absolute Gasteiger partial charge is 0.0428 e. The quantitative estimate of drug-likeness (QED) is 0.683. The molecule has 0 amide bonds. The monoisotopic (exact) mass is 252 g/mol. The van der Waals surface area contributed by atoms with Crippen LogP contribution in [-0.2, 0) is 0 Å². The molecule has 1 aliphatic rings. The molecule has 1 unspecified atom stereocenters. The van der Waals surface area contributed by atoms with Gasteiger partial charge in [-0.25, -0.2) is 0 Å². The zero-order chi connectivity index (χ0) is 10.3. The molecule has 0 spiro atoms. The minimum absolute atomic E-state index is 0.586. The summed E-state index contributed by atoms with van der Waals surface area (Å²) in [5.74, 6) is 0.884. The van der Waals surface area contributed by atoms with E-state index in [0.717, 1.165) is 5.92 Å². The summed E-state index contributed by atoms with van der Waals surface area (Å²) in [6.45, 7) is 6.63. The standard InChI is InChI=1S/C13H17Br/c1-8-6-9(2)12(10(3)7-8)13(14)11-4-5-11/h6-7,11,13H,4-5H2,1-3H3. The van der Waals surface area contributed by atoms with Gasteiger partial charge in [-0.3, -0.25) is 0 Å². The molecule has 0 saturated heterocycles. The van der Waals surface area contributed by atoms with E-state index in [4.69, 9.17) is 0 Å². The van der Waals surface area contributed by atoms with E-state index in [-0.39, 0.29) is 0 Å². The third-order valence-corrected chi connectivity index (χ3v) is 4.26. The number of hydrogen-bond acceptors (Lipinski definition) is 0. The second-order valence-corrected chi connectivity index (χ2v) is 5.54. The fraction of sp³-hybridized carbons (Fsp3) is 0.538. The lowest BCUT2D eigenvalue weighted by Crippen LogP contribution is -1.99. The first-order valence-electron chi connectivity index (χ1n) is 5.31. The van der Waals surface area contributed by atoms with Gasteiger partial charge in [-0.2, -0.15) is 0 Å². The predicted molar refractivity (Wildman–Crippen MR) is 65.0 cm³/mol. The van der Waals surface area contributed by atoms with Gasteiger partial charge in [-0.05, 0) is 56.2 Å². The van der Waals surface area contributed by atoms with Crippen LogP contribution in [0.25, 0.3) is 0 Å². The molecule has 0 nitrogen and oxygen atoms in total. The highest BCUT2D eigenvalue weighted by Gasteiger charge is 2.31. The van der Waals surface area contributed by atoms with Gasteiger partial charge in [0.05, 0.1) is 0 Å². The van der Waals surface area contributed by atoms with Gasteiger partial charge in [0.2, 0.25) is 0 Å². The van der Waals surface area contributed by atoms with Gasteiger partial charge < -0.3 is 0 Å². The van der Waals surface area contributed by atoms with E-state index in [0.29, 0.717) is 4.83 Å². The molecular weight excluding hydrogens is 236 g/mol. The molecular formula is C13H17Br. The van der Waals surface area contributed by atoms with E-state index < -0.39 is 0 Å². The van der Waals surface area contributed by atoms with Gasteiger partial charge in [-0.1, -0.05) is 33.6 Å². The minimum Gasteiger partial charge on any atom is -0.0836 e. The molecule has 0 N–H and O–H groups in total. The Bertz CT molecular complexity index is 327. The van der Waals surface area contributed by atoms with Crippen molar-refractivity contribution >= 4 is 15.9 Å². The zero-order valence-corrected chi connectivity index (χ0v) is 10.7. The Morgan fingerprint density at radius 2 is 1.64 bits per heavy atom. The second kappa shape index (κ2) is 3.69. The van der Waals surface area contributed by atoms with Crippen LogP contribution in [0.15, 0.2) is 12.1 Å². The fourth-order valence-electron chi connectivity index (χ4n) is 2.25. The maximum Gasteiger partial charge on any atom is 0.0428 e. The third-order valence-electron chi connectivity index (χ3n) is 3.05. The maximum absolute atomic E-state index is 3.84. The molecule has 0 bridgehead atoms. The van der Waals surface area contributed by atoms with E-state index in [1.165, 1.54) is 35.1 Å². The number of hydrogen-bond donors (Lipinski definition) is 0. The summed E-state index contributed by atoms with van der Waals surface area (Å²) < 4.78 is 0. The maximum atomic E-state index is 3.84. The molecule has 2 rings (SSSR count). The number of benzene rings is 1. The highest BCUT2D eigenvalue weighted by molar-refractivity contribution is 9.09. The van der Waals surface area contributed by atoms with Crippen LogP contribution >= 0.6 is 15.9 Å². The van der Waals surface area contributed by atoms with E-state index >= 15 is 0 Å². The fourth-order valence-corrected chi connectivity index (χ4v) is 3.50. The van der Waals surface area contributed by atoms with Gasteiger partial charge in [-0.15, -0.1) is 0 Å². The number of aryl methyl sites for hydroxylation is 3. The van der Waals surface area contributed by atoms with Crippen LogP contribution < -0.4 is 0 Å². The molecule has 1 fully saturated rings. The van der Waals surface area contributed by atoms with Crippen LogP contribution in [0.5, 0.6) is 0 Å². The Kier molecular flexibility index (Phi) is 2.70. The van der Waals surface area contributed by atoms with Crippen molar-refractivity contribution in [1.82, 2.24) is 0 Å². The van der Waals surface area contributed by atoms with Crippen LogP contribution in [0.1, 0.15) is 39.9 Å². The molecule has 1 atom stereocenters. The Morgan fingerprint density at radius 3 is 2.07 bits per heavy atom. The molecule has 0 heterocycles. The predicted octanol–water partition coefficient (Wildman–Crippen LogP) is 4.46. The number of halogens is 1. The second-order valence-electron chi connectivity index (χ2n) is 4.55. The van der Waals surface area contributed by atoms with Crippen molar-refractivity contribution in [1.29, 1.82) is 0 Å². The van der Waals surface area contributed by atoms with Gasteiger partial charge in [0.25, 0.3) is 0 Å². The molecule has 76 valence electrons. The van der Waals surface area contributed by atoms with Crippen LogP contribution in [0.4, 0.5) is 0 Å². The molecule has 0 aromatic heterocycles. The van der Waals surface area contributed by atoms with Gasteiger partial charge in [0.15, 0.2) is 0 Å². The van der Waals surface area contributed by atoms with Crippen molar-refractivity contribution in [2.45, 2.75) is 38.4 Å². The van der Waals surface area contributed by atoms with E-state index in [1.807, 2.05) is 0 Å². The first-order chi connectivity index (χ1) is 6.59. The van der Waals surface area contributed by atoms with Crippen molar-refractivity contribution in [2.24, 2.45) is 5.92 Å². The summed E-state index contributed by atoms with van der Waals surface area (Å²) in [5, 5.41) is 0. The molecule has 1 saturated carbocycles. The highest BCUT2D eigenvalue weighted by Crippen LogP contribution is 2.48. The summed E-state index contributed by atoms with van der Waals surface area (Å²) in [4.78, 5) is 0.586. The topological polar surface area (TPSA) is 0 Å². The Hall–Kier alpha value is -0.300. The highest BCUT2D eigenvalue weighted by atomic mass is 79.9. The molecule has 1 aromatic rings. The molecule has 1 heteroatoms. The molecule has 0 aliphatic heterocycles. The van der Waals surface area contributed by atoms with Crippen LogP contribution in [-0.4, -0.2) is 0 Å². The van der Waals surface area contributed by atoms with E-state index in [9.17, 15) is 0 Å². The lowest BCUT2D eigenvalue weighted by Gasteiger charge is -2.16. The SMILES string of the molecule is Cc1cc(C)c(C(Br)C2CC2)c(C)c1. The lowest BCUT2D eigenvalue weighted by atomic mass is 9.95. The summed E-state index contributed by atoms with van der Waals surface area (Å²) in [6, 6.07) is 4.58. The van der Waals surface area contributed by atoms with Crippen molar-refractivity contribution in [3.8, 4) is 0 Å². The average molecular weight is 253 g/mol. The largest absolute Gasteiger partial charge is 0.0836 e. The Balaban J connectivity index is 2.40. The van der Waals surface area contributed by atoms with E-state index in [2.05, 4.69) is 48.8 Å². The van der Waals surface area contributed by atoms with Gasteiger partial charge in [0, 0.05) is 4.83 Å². The van der Waals surface area contributed by atoms with Gasteiger partial charge in [0.1, 0.15) is 0 Å². The average Bonchev–Trinajstić information content (AvgIpc) is 2.83. The van der Waals surface area contributed by atoms with Crippen LogP contribution in [0.2, 0.25) is 0 Å². The number of alkyl halides is 1. The van der Waals surface area contributed by atoms with Crippen LogP contribution in [0, 0.1) is 26.7 Å². The first kappa shape index (κ1) is 10.2. The summed E-state index contributed by atoms with van der Waals surface area (Å²) in [5.41, 5.74) is 5.78. The van der Waals surface area contributed by atoms with Crippen molar-refractivity contribution in [3.63, 3.8) is 0 Å². The number of rotatable bonds is 2. The summed E-state index contributed by atoms with van der Waals surface area (Å²) in [6.07, 6.45) is 2.78. The lowest BCUT2D eigenvalue weighted by molar-refractivity contribution is 0.810. The minimum atomic E-state index is 0.586. The van der Waals surface area contributed by atoms with Gasteiger partial charge >= 0.3 is 0 Å². The Morgan fingerprint density at radius 1 is 1.14 bits per heavy atom. The molecule has 0 radical (unpaired) electrons.